The zero-order chi connectivity index (χ0) is 14.2. The highest BCUT2D eigenvalue weighted by Crippen LogP contribution is 2.53. The molecule has 1 aliphatic heterocycles. The molecule has 3 rings (SSSR count). The summed E-state index contributed by atoms with van der Waals surface area (Å²) in [6, 6.07) is 2.83. The van der Waals surface area contributed by atoms with Crippen LogP contribution in [0.25, 0.3) is 0 Å². The first-order valence-electron chi connectivity index (χ1n) is 6.97. The third-order valence-corrected chi connectivity index (χ3v) is 4.35. The highest BCUT2D eigenvalue weighted by atomic mass is 19.4. The van der Waals surface area contributed by atoms with Gasteiger partial charge in [-0.1, -0.05) is 0 Å². The largest absolute Gasteiger partial charge is 0.417 e. The number of hydrogen-bond donors (Lipinski definition) is 2. The number of aromatic nitrogens is 1. The lowest BCUT2D eigenvalue weighted by molar-refractivity contribution is -0.137. The maximum absolute atomic E-state index is 12.4. The van der Waals surface area contributed by atoms with Crippen molar-refractivity contribution in [2.75, 3.05) is 18.4 Å². The van der Waals surface area contributed by atoms with Crippen LogP contribution in [0.1, 0.15) is 31.2 Å². The monoisotopic (exact) mass is 285 g/mol. The lowest BCUT2D eigenvalue weighted by atomic mass is 9.89. The molecule has 2 heterocycles. The minimum absolute atomic E-state index is 0.385. The van der Waals surface area contributed by atoms with Crippen LogP contribution in [0.2, 0.25) is 0 Å². The number of halogens is 3. The molecule has 1 unspecified atom stereocenters. The van der Waals surface area contributed by atoms with Crippen LogP contribution in [0.4, 0.5) is 19.0 Å². The summed E-state index contributed by atoms with van der Waals surface area (Å²) in [5.74, 6) is 0.496. The van der Waals surface area contributed by atoms with Crippen molar-refractivity contribution in [2.45, 2.75) is 37.9 Å². The van der Waals surface area contributed by atoms with E-state index >= 15 is 0 Å². The topological polar surface area (TPSA) is 37.0 Å². The van der Waals surface area contributed by atoms with Crippen LogP contribution in [0.15, 0.2) is 18.3 Å². The zero-order valence-corrected chi connectivity index (χ0v) is 11.1. The highest BCUT2D eigenvalue weighted by molar-refractivity contribution is 5.36. The van der Waals surface area contributed by atoms with Gasteiger partial charge in [-0.25, -0.2) is 4.98 Å². The lowest BCUT2D eigenvalue weighted by Gasteiger charge is -2.30. The highest BCUT2D eigenvalue weighted by Gasteiger charge is 2.45. The number of alkyl halides is 3. The Hall–Kier alpha value is -1.30. The molecule has 3 nitrogen and oxygen atoms in total. The van der Waals surface area contributed by atoms with Crippen molar-refractivity contribution in [2.24, 2.45) is 5.41 Å². The summed E-state index contributed by atoms with van der Waals surface area (Å²) in [6.07, 6.45) is 1.60. The number of piperidine rings is 1. The van der Waals surface area contributed by atoms with E-state index in [0.717, 1.165) is 25.2 Å². The van der Waals surface area contributed by atoms with E-state index in [1.54, 1.807) is 0 Å². The molecule has 1 saturated heterocycles. The summed E-state index contributed by atoms with van der Waals surface area (Å²) in [6.45, 7) is 1.74. The molecule has 110 valence electrons. The molecule has 0 bridgehead atoms. The molecule has 1 atom stereocenters. The molecule has 0 aromatic carbocycles. The van der Waals surface area contributed by atoms with Gasteiger partial charge < -0.3 is 10.6 Å². The summed E-state index contributed by atoms with van der Waals surface area (Å²) < 4.78 is 37.3. The maximum atomic E-state index is 12.4. The van der Waals surface area contributed by atoms with Gasteiger partial charge in [0, 0.05) is 18.8 Å². The van der Waals surface area contributed by atoms with Crippen molar-refractivity contribution >= 4 is 5.82 Å². The van der Waals surface area contributed by atoms with Crippen LogP contribution in [0.3, 0.4) is 0 Å². The van der Waals surface area contributed by atoms with Crippen molar-refractivity contribution in [3.8, 4) is 0 Å². The smallest absolute Gasteiger partial charge is 0.369 e. The fraction of sp³-hybridized carbons (Fsp3) is 0.643. The minimum atomic E-state index is -4.32. The number of pyridine rings is 1. The molecule has 1 aromatic rings. The van der Waals surface area contributed by atoms with Gasteiger partial charge in [0.1, 0.15) is 5.82 Å². The molecule has 1 saturated carbocycles. The van der Waals surface area contributed by atoms with Crippen LogP contribution in [-0.4, -0.2) is 24.1 Å². The molecular weight excluding hydrogens is 267 g/mol. The van der Waals surface area contributed by atoms with Crippen LogP contribution >= 0.6 is 0 Å². The average Bonchev–Trinajstić information content (AvgIpc) is 3.15. The quantitative estimate of drug-likeness (QED) is 0.896. The molecule has 20 heavy (non-hydrogen) atoms. The Balaban J connectivity index is 1.53. The molecule has 2 N–H and O–H groups in total. The third kappa shape index (κ3) is 3.06. The van der Waals surface area contributed by atoms with E-state index in [4.69, 9.17) is 0 Å². The Bertz CT molecular complexity index is 466. The SMILES string of the molecule is FC(F)(F)c1ccc(NCC2CC3(CCN2)CC3)nc1. The van der Waals surface area contributed by atoms with E-state index in [-0.39, 0.29) is 0 Å². The van der Waals surface area contributed by atoms with E-state index in [1.807, 2.05) is 0 Å². The van der Waals surface area contributed by atoms with Crippen LogP contribution < -0.4 is 10.6 Å². The van der Waals surface area contributed by atoms with Gasteiger partial charge in [0.05, 0.1) is 5.56 Å². The number of anilines is 1. The fourth-order valence-electron chi connectivity index (χ4n) is 2.91. The van der Waals surface area contributed by atoms with Gasteiger partial charge in [-0.2, -0.15) is 13.2 Å². The standard InChI is InChI=1S/C14H18F3N3/c15-14(16,17)10-1-2-12(19-8-10)20-9-11-7-13(3-4-13)5-6-18-11/h1-2,8,11,18H,3-7,9H2,(H,19,20). The number of rotatable bonds is 3. The third-order valence-electron chi connectivity index (χ3n) is 4.35. The van der Waals surface area contributed by atoms with Crippen LogP contribution in [0.5, 0.6) is 0 Å². The summed E-state index contributed by atoms with van der Waals surface area (Å²) in [5, 5.41) is 6.57. The Labute approximate surface area is 116 Å². The predicted molar refractivity (Wildman–Crippen MR) is 70.4 cm³/mol. The summed E-state index contributed by atoms with van der Waals surface area (Å²) >= 11 is 0. The van der Waals surface area contributed by atoms with Gasteiger partial charge in [0.15, 0.2) is 0 Å². The lowest BCUT2D eigenvalue weighted by Crippen LogP contribution is -2.43. The first-order valence-corrected chi connectivity index (χ1v) is 6.97. The normalized spacial score (nSPS) is 24.6. The first-order chi connectivity index (χ1) is 9.47. The summed E-state index contributed by atoms with van der Waals surface area (Å²) in [4.78, 5) is 3.82. The van der Waals surface area contributed by atoms with Gasteiger partial charge >= 0.3 is 6.18 Å². The second-order valence-corrected chi connectivity index (χ2v) is 5.92. The fourth-order valence-corrected chi connectivity index (χ4v) is 2.91. The molecule has 6 heteroatoms. The van der Waals surface area contributed by atoms with Gasteiger partial charge in [-0.05, 0) is 49.8 Å². The molecule has 0 amide bonds. The molecule has 1 aliphatic carbocycles. The van der Waals surface area contributed by atoms with Gasteiger partial charge in [0.2, 0.25) is 0 Å². The second kappa shape index (κ2) is 4.91. The first kappa shape index (κ1) is 13.7. The predicted octanol–water partition coefficient (Wildman–Crippen LogP) is 3.04. The van der Waals surface area contributed by atoms with Crippen molar-refractivity contribution in [3.63, 3.8) is 0 Å². The molecule has 2 aliphatic rings. The van der Waals surface area contributed by atoms with Crippen molar-refractivity contribution < 1.29 is 13.2 Å². The van der Waals surface area contributed by atoms with E-state index in [1.165, 1.54) is 25.3 Å². The number of hydrogen-bond acceptors (Lipinski definition) is 3. The van der Waals surface area contributed by atoms with E-state index < -0.39 is 11.7 Å². The molecule has 1 spiro atoms. The summed E-state index contributed by atoms with van der Waals surface area (Å²) in [7, 11) is 0. The minimum Gasteiger partial charge on any atom is -0.369 e. The number of nitrogens with zero attached hydrogens (tertiary/aromatic N) is 1. The van der Waals surface area contributed by atoms with E-state index in [0.29, 0.717) is 23.8 Å². The van der Waals surface area contributed by atoms with Gasteiger partial charge in [0.25, 0.3) is 0 Å². The van der Waals surface area contributed by atoms with Gasteiger partial charge in [-0.3, -0.25) is 0 Å². The molecule has 2 fully saturated rings. The average molecular weight is 285 g/mol. The van der Waals surface area contributed by atoms with Gasteiger partial charge in [-0.15, -0.1) is 0 Å². The van der Waals surface area contributed by atoms with Crippen molar-refractivity contribution in [1.82, 2.24) is 10.3 Å². The zero-order valence-electron chi connectivity index (χ0n) is 11.1. The number of nitrogens with one attached hydrogen (secondary N) is 2. The molecular formula is C14H18F3N3. The van der Waals surface area contributed by atoms with Crippen LogP contribution in [-0.2, 0) is 6.18 Å². The summed E-state index contributed by atoms with van der Waals surface area (Å²) in [5.41, 5.74) is -0.152. The van der Waals surface area contributed by atoms with E-state index in [2.05, 4.69) is 15.6 Å². The van der Waals surface area contributed by atoms with Crippen LogP contribution in [0, 0.1) is 5.41 Å². The Morgan fingerprint density at radius 1 is 1.30 bits per heavy atom. The maximum Gasteiger partial charge on any atom is 0.417 e. The Morgan fingerprint density at radius 2 is 2.10 bits per heavy atom. The molecule has 1 aromatic heterocycles. The van der Waals surface area contributed by atoms with Crippen molar-refractivity contribution in [3.05, 3.63) is 23.9 Å². The Kier molecular flexibility index (Phi) is 3.36. The second-order valence-electron chi connectivity index (χ2n) is 5.92. The van der Waals surface area contributed by atoms with Crippen molar-refractivity contribution in [1.29, 1.82) is 0 Å². The van der Waals surface area contributed by atoms with E-state index in [9.17, 15) is 13.2 Å². The Morgan fingerprint density at radius 3 is 2.70 bits per heavy atom. The molecule has 0 radical (unpaired) electrons.